The number of aliphatic hydroxyl groups is 2. The Bertz CT molecular complexity index is 82.0. The quantitative estimate of drug-likeness (QED) is 0.455. The van der Waals surface area contributed by atoms with Crippen LogP contribution in [-0.4, -0.2) is 42.4 Å². The molecular formula is C5H11F2NO2. The van der Waals surface area contributed by atoms with E-state index in [0.717, 1.165) is 0 Å². The highest BCUT2D eigenvalue weighted by Gasteiger charge is 2.14. The second-order valence-electron chi connectivity index (χ2n) is 1.83. The van der Waals surface area contributed by atoms with Gasteiger partial charge in [-0.1, -0.05) is 0 Å². The molecule has 0 spiro atoms. The molecule has 3 N–H and O–H groups in total. The van der Waals surface area contributed by atoms with Gasteiger partial charge in [-0.05, 0) is 0 Å². The van der Waals surface area contributed by atoms with Crippen molar-refractivity contribution >= 4 is 0 Å². The highest BCUT2D eigenvalue weighted by Crippen LogP contribution is 1.97. The first kappa shape index (κ1) is 9.74. The summed E-state index contributed by atoms with van der Waals surface area (Å²) in [5, 5.41) is 19.1. The molecule has 0 aliphatic heterocycles. The predicted octanol–water partition coefficient (Wildman–Crippen LogP) is -0.806. The zero-order valence-corrected chi connectivity index (χ0v) is 5.43. The molecule has 0 saturated heterocycles. The Morgan fingerprint density at radius 2 is 2.00 bits per heavy atom. The maximum atomic E-state index is 11.5. The Morgan fingerprint density at radius 3 is 2.40 bits per heavy atom. The van der Waals surface area contributed by atoms with Gasteiger partial charge in [0.05, 0.1) is 6.61 Å². The van der Waals surface area contributed by atoms with Crippen molar-refractivity contribution in [2.75, 3.05) is 19.7 Å². The van der Waals surface area contributed by atoms with Gasteiger partial charge in [-0.25, -0.2) is 8.78 Å². The molecule has 0 fully saturated rings. The molecule has 0 bridgehead atoms. The second-order valence-corrected chi connectivity index (χ2v) is 1.83. The number of alkyl halides is 2. The molecule has 0 heterocycles. The fourth-order valence-corrected chi connectivity index (χ4v) is 0.418. The second kappa shape index (κ2) is 5.52. The molecular weight excluding hydrogens is 144 g/mol. The van der Waals surface area contributed by atoms with Crippen molar-refractivity contribution in [2.24, 2.45) is 0 Å². The summed E-state index contributed by atoms with van der Waals surface area (Å²) in [6.45, 7) is -0.0715. The highest BCUT2D eigenvalue weighted by atomic mass is 19.3. The number of halogens is 2. The zero-order valence-electron chi connectivity index (χ0n) is 5.43. The van der Waals surface area contributed by atoms with Crippen LogP contribution in [0.15, 0.2) is 0 Å². The van der Waals surface area contributed by atoms with Crippen molar-refractivity contribution in [3.8, 4) is 0 Å². The van der Waals surface area contributed by atoms with Gasteiger partial charge in [0, 0.05) is 13.1 Å². The third-order valence-corrected chi connectivity index (χ3v) is 0.933. The molecule has 0 aromatic heterocycles. The Labute approximate surface area is 57.7 Å². The van der Waals surface area contributed by atoms with Gasteiger partial charge < -0.3 is 15.5 Å². The molecule has 0 saturated carbocycles. The van der Waals surface area contributed by atoms with Gasteiger partial charge in [-0.15, -0.1) is 0 Å². The van der Waals surface area contributed by atoms with Crippen molar-refractivity contribution in [3.05, 3.63) is 0 Å². The number of nitrogens with one attached hydrogen (secondary N) is 1. The van der Waals surface area contributed by atoms with Crippen LogP contribution in [0.2, 0.25) is 0 Å². The summed E-state index contributed by atoms with van der Waals surface area (Å²) in [6, 6.07) is 0. The van der Waals surface area contributed by atoms with Gasteiger partial charge >= 0.3 is 0 Å². The molecule has 62 valence electrons. The molecule has 0 amide bonds. The Hall–Kier alpha value is -0.260. The van der Waals surface area contributed by atoms with E-state index in [1.54, 1.807) is 0 Å². The molecule has 5 heteroatoms. The van der Waals surface area contributed by atoms with Gasteiger partial charge in [0.1, 0.15) is 6.10 Å². The molecule has 3 nitrogen and oxygen atoms in total. The minimum absolute atomic E-state index is 0.115. The summed E-state index contributed by atoms with van der Waals surface area (Å²) in [4.78, 5) is 0. The van der Waals surface area contributed by atoms with Crippen molar-refractivity contribution in [2.45, 2.75) is 12.5 Å². The lowest BCUT2D eigenvalue weighted by Gasteiger charge is -2.08. The normalized spacial score (nSPS) is 14.1. The van der Waals surface area contributed by atoms with E-state index in [-0.39, 0.29) is 19.7 Å². The van der Waals surface area contributed by atoms with Crippen LogP contribution in [0, 0.1) is 0 Å². The minimum atomic E-state index is -2.72. The monoisotopic (exact) mass is 155 g/mol. The first-order chi connectivity index (χ1) is 4.68. The summed E-state index contributed by atoms with van der Waals surface area (Å²) < 4.78 is 23.0. The first-order valence-corrected chi connectivity index (χ1v) is 2.96. The molecule has 0 aromatic rings. The Morgan fingerprint density at radius 1 is 1.40 bits per heavy atom. The topological polar surface area (TPSA) is 52.5 Å². The summed E-state index contributed by atoms with van der Waals surface area (Å²) >= 11 is 0. The lowest BCUT2D eigenvalue weighted by molar-refractivity contribution is -0.00356. The van der Waals surface area contributed by atoms with Gasteiger partial charge in [-0.3, -0.25) is 0 Å². The molecule has 10 heavy (non-hydrogen) atoms. The SMILES string of the molecule is OCCNCC(O)C(F)F. The van der Waals surface area contributed by atoms with Crippen LogP contribution in [-0.2, 0) is 0 Å². The predicted molar refractivity (Wildman–Crippen MR) is 32.0 cm³/mol. The Kier molecular flexibility index (Phi) is 5.38. The third kappa shape index (κ3) is 4.60. The van der Waals surface area contributed by atoms with Crippen molar-refractivity contribution in [1.29, 1.82) is 0 Å². The number of aliphatic hydroxyl groups excluding tert-OH is 2. The van der Waals surface area contributed by atoms with Crippen LogP contribution in [0.3, 0.4) is 0 Å². The minimum Gasteiger partial charge on any atom is -0.395 e. The molecule has 0 radical (unpaired) electrons. The number of hydrogen-bond donors (Lipinski definition) is 3. The maximum absolute atomic E-state index is 11.5. The van der Waals surface area contributed by atoms with E-state index in [4.69, 9.17) is 10.2 Å². The van der Waals surface area contributed by atoms with Crippen LogP contribution in [0.1, 0.15) is 0 Å². The average Bonchev–Trinajstić information content (AvgIpc) is 1.88. The fourth-order valence-electron chi connectivity index (χ4n) is 0.418. The van der Waals surface area contributed by atoms with Crippen molar-refractivity contribution < 1.29 is 19.0 Å². The lowest BCUT2D eigenvalue weighted by atomic mass is 10.4. The van der Waals surface area contributed by atoms with E-state index >= 15 is 0 Å². The van der Waals surface area contributed by atoms with Gasteiger partial charge in [0.25, 0.3) is 6.43 Å². The smallest absolute Gasteiger partial charge is 0.265 e. The van der Waals surface area contributed by atoms with E-state index < -0.39 is 12.5 Å². The van der Waals surface area contributed by atoms with Crippen LogP contribution in [0.4, 0.5) is 8.78 Å². The van der Waals surface area contributed by atoms with E-state index in [1.165, 1.54) is 0 Å². The van der Waals surface area contributed by atoms with Gasteiger partial charge in [0.2, 0.25) is 0 Å². The summed E-state index contributed by atoms with van der Waals surface area (Å²) in [5.74, 6) is 0. The number of rotatable bonds is 5. The summed E-state index contributed by atoms with van der Waals surface area (Å²) in [5.41, 5.74) is 0. The molecule has 0 aliphatic rings. The largest absolute Gasteiger partial charge is 0.395 e. The number of hydrogen-bond acceptors (Lipinski definition) is 3. The van der Waals surface area contributed by atoms with Crippen LogP contribution < -0.4 is 5.32 Å². The van der Waals surface area contributed by atoms with Crippen molar-refractivity contribution in [1.82, 2.24) is 5.32 Å². The third-order valence-electron chi connectivity index (χ3n) is 0.933. The average molecular weight is 155 g/mol. The molecule has 1 atom stereocenters. The van der Waals surface area contributed by atoms with Crippen LogP contribution in [0.25, 0.3) is 0 Å². The maximum Gasteiger partial charge on any atom is 0.265 e. The molecule has 0 aromatic carbocycles. The standard InChI is InChI=1S/C5H11F2NO2/c6-5(7)4(10)3-8-1-2-9/h4-5,8-10H,1-3H2. The summed E-state index contributed by atoms with van der Waals surface area (Å²) in [7, 11) is 0. The van der Waals surface area contributed by atoms with E-state index in [0.29, 0.717) is 0 Å². The van der Waals surface area contributed by atoms with E-state index in [2.05, 4.69) is 5.32 Å². The molecule has 0 aliphatic carbocycles. The van der Waals surface area contributed by atoms with Gasteiger partial charge in [-0.2, -0.15) is 0 Å². The Balaban J connectivity index is 3.13. The summed E-state index contributed by atoms with van der Waals surface area (Å²) in [6.07, 6.45) is -4.35. The molecule has 0 rings (SSSR count). The fraction of sp³-hybridized carbons (Fsp3) is 1.00. The van der Waals surface area contributed by atoms with Crippen LogP contribution in [0.5, 0.6) is 0 Å². The van der Waals surface area contributed by atoms with Crippen LogP contribution >= 0.6 is 0 Å². The molecule has 1 unspecified atom stereocenters. The van der Waals surface area contributed by atoms with Gasteiger partial charge in [0.15, 0.2) is 0 Å². The first-order valence-electron chi connectivity index (χ1n) is 2.96. The zero-order chi connectivity index (χ0) is 7.98. The van der Waals surface area contributed by atoms with E-state index in [1.807, 2.05) is 0 Å². The van der Waals surface area contributed by atoms with Crippen molar-refractivity contribution in [3.63, 3.8) is 0 Å². The highest BCUT2D eigenvalue weighted by molar-refractivity contribution is 4.60. The van der Waals surface area contributed by atoms with E-state index in [9.17, 15) is 8.78 Å². The lowest BCUT2D eigenvalue weighted by Crippen LogP contribution is -2.33.